The molecule has 4 aromatic rings. The highest BCUT2D eigenvalue weighted by atomic mass is 16.6. The molecule has 0 unspecified atom stereocenters. The first-order chi connectivity index (χ1) is 18.0. The number of aromatic nitrogens is 2. The second kappa shape index (κ2) is 9.75. The normalized spacial score (nSPS) is 17.2. The number of rotatable bonds is 5. The minimum Gasteiger partial charge on any atom is -0.444 e. The fourth-order valence-corrected chi connectivity index (χ4v) is 5.05. The monoisotopic (exact) mass is 509 g/mol. The van der Waals surface area contributed by atoms with Gasteiger partial charge in [0.2, 0.25) is 0 Å². The third-order valence-electron chi connectivity index (χ3n) is 7.39. The predicted molar refractivity (Wildman–Crippen MR) is 151 cm³/mol. The number of aryl methyl sites for hydroxylation is 1. The van der Waals surface area contributed by atoms with Crippen molar-refractivity contribution in [3.05, 3.63) is 78.0 Å². The van der Waals surface area contributed by atoms with E-state index in [0.717, 1.165) is 51.8 Å². The van der Waals surface area contributed by atoms with E-state index in [1.54, 1.807) is 11.8 Å². The van der Waals surface area contributed by atoms with Crippen LogP contribution in [0.4, 0.5) is 4.79 Å². The lowest BCUT2D eigenvalue weighted by molar-refractivity contribution is 0.00808. The number of ether oxygens (including phenoxy) is 1. The van der Waals surface area contributed by atoms with Crippen molar-refractivity contribution in [2.45, 2.75) is 65.1 Å². The maximum atomic E-state index is 12.5. The Hall–Kier alpha value is -3.93. The van der Waals surface area contributed by atoms with E-state index in [0.29, 0.717) is 6.04 Å². The Kier molecular flexibility index (Phi) is 6.59. The second-order valence-corrected chi connectivity index (χ2v) is 11.4. The molecule has 1 saturated carbocycles. The number of hydrogen-bond donors (Lipinski definition) is 0. The highest BCUT2D eigenvalue weighted by molar-refractivity contribution is 5.94. The van der Waals surface area contributed by atoms with Gasteiger partial charge in [0.1, 0.15) is 11.2 Å². The fourth-order valence-electron chi connectivity index (χ4n) is 5.05. The van der Waals surface area contributed by atoms with Crippen LogP contribution >= 0.6 is 0 Å². The Morgan fingerprint density at radius 3 is 2.08 bits per heavy atom. The summed E-state index contributed by atoms with van der Waals surface area (Å²) in [6, 6.07) is 20.8. The van der Waals surface area contributed by atoms with Crippen LogP contribution in [-0.2, 0) is 4.74 Å². The van der Waals surface area contributed by atoms with E-state index in [2.05, 4.69) is 54.1 Å². The minimum atomic E-state index is -0.499. The molecule has 6 heteroatoms. The Balaban J connectivity index is 1.34. The van der Waals surface area contributed by atoms with E-state index in [9.17, 15) is 9.59 Å². The van der Waals surface area contributed by atoms with E-state index in [-0.39, 0.29) is 17.9 Å². The number of fused-ring (bicyclic) bond motifs is 1. The molecule has 196 valence electrons. The van der Waals surface area contributed by atoms with Crippen molar-refractivity contribution in [3.63, 3.8) is 0 Å². The molecule has 0 atom stereocenters. The first-order valence-electron chi connectivity index (χ1n) is 13.2. The molecule has 38 heavy (non-hydrogen) atoms. The van der Waals surface area contributed by atoms with Gasteiger partial charge < -0.3 is 14.2 Å². The van der Waals surface area contributed by atoms with E-state index < -0.39 is 5.60 Å². The van der Waals surface area contributed by atoms with Crippen LogP contribution < -0.4 is 0 Å². The number of carbonyl (C=O) groups is 2. The van der Waals surface area contributed by atoms with Crippen molar-refractivity contribution in [2.24, 2.45) is 0 Å². The van der Waals surface area contributed by atoms with E-state index in [1.165, 1.54) is 5.56 Å². The maximum Gasteiger partial charge on any atom is 0.410 e. The molecule has 0 aliphatic heterocycles. The molecule has 0 N–H and O–H groups in total. The van der Waals surface area contributed by atoms with Crippen molar-refractivity contribution < 1.29 is 14.3 Å². The standard InChI is InChI=1S/C32H35N3O3/c1-20-19-35(27-17-26(18-27)34(6)31(37)38-32(3,4)5)30-28(20)15-16-29(33-30)25-13-11-24(12-14-25)23-9-7-22(8-10-23)21(2)36/h7-16,19,26-27H,17-18H2,1-6H3/t26-,27-. The smallest absolute Gasteiger partial charge is 0.410 e. The van der Waals surface area contributed by atoms with Gasteiger partial charge in [0.05, 0.1) is 5.69 Å². The molecule has 1 amide bonds. The Morgan fingerprint density at radius 2 is 1.50 bits per heavy atom. The zero-order valence-electron chi connectivity index (χ0n) is 23.0. The van der Waals surface area contributed by atoms with Crippen LogP contribution in [0.1, 0.15) is 62.5 Å². The number of pyridine rings is 1. The van der Waals surface area contributed by atoms with Crippen LogP contribution in [0.25, 0.3) is 33.4 Å². The molecule has 1 fully saturated rings. The molecule has 2 aromatic heterocycles. The molecule has 0 bridgehead atoms. The molecule has 2 aromatic carbocycles. The molecule has 2 heterocycles. The summed E-state index contributed by atoms with van der Waals surface area (Å²) < 4.78 is 7.82. The summed E-state index contributed by atoms with van der Waals surface area (Å²) in [5.74, 6) is 0.0702. The summed E-state index contributed by atoms with van der Waals surface area (Å²) in [5.41, 5.74) is 6.55. The molecule has 0 radical (unpaired) electrons. The van der Waals surface area contributed by atoms with Gasteiger partial charge in [0.25, 0.3) is 0 Å². The van der Waals surface area contributed by atoms with Crippen LogP contribution in [0.15, 0.2) is 66.9 Å². The summed E-state index contributed by atoms with van der Waals surface area (Å²) in [7, 11) is 1.83. The Labute approximate surface area is 224 Å². The first-order valence-corrected chi connectivity index (χ1v) is 13.2. The zero-order valence-corrected chi connectivity index (χ0v) is 23.0. The fraction of sp³-hybridized carbons (Fsp3) is 0.344. The Morgan fingerprint density at radius 1 is 0.921 bits per heavy atom. The van der Waals surface area contributed by atoms with Gasteiger partial charge in [0.15, 0.2) is 5.78 Å². The van der Waals surface area contributed by atoms with Gasteiger partial charge in [-0.2, -0.15) is 0 Å². The van der Waals surface area contributed by atoms with Crippen LogP contribution in [0.5, 0.6) is 0 Å². The molecular weight excluding hydrogens is 474 g/mol. The maximum absolute atomic E-state index is 12.5. The van der Waals surface area contributed by atoms with Crippen molar-refractivity contribution in [1.82, 2.24) is 14.5 Å². The SMILES string of the molecule is CC(=O)c1ccc(-c2ccc(-c3ccc4c(C)cn([C@H]5C[C@H](N(C)C(=O)OC(C)(C)C)C5)c4n3)cc2)cc1. The zero-order chi connectivity index (χ0) is 27.2. The lowest BCUT2D eigenvalue weighted by Gasteiger charge is -2.42. The largest absolute Gasteiger partial charge is 0.444 e. The van der Waals surface area contributed by atoms with Crippen LogP contribution in [0.3, 0.4) is 0 Å². The lowest BCUT2D eigenvalue weighted by atomic mass is 9.85. The number of Topliss-reactive ketones (excluding diaryl/α,β-unsaturated/α-hetero) is 1. The molecule has 0 spiro atoms. The van der Waals surface area contributed by atoms with Gasteiger partial charge in [-0.1, -0.05) is 48.5 Å². The van der Waals surface area contributed by atoms with Gasteiger partial charge in [-0.15, -0.1) is 0 Å². The second-order valence-electron chi connectivity index (χ2n) is 11.4. The first kappa shape index (κ1) is 25.7. The predicted octanol–water partition coefficient (Wildman–Crippen LogP) is 7.45. The topological polar surface area (TPSA) is 64.4 Å². The molecule has 1 aliphatic carbocycles. The van der Waals surface area contributed by atoms with Gasteiger partial charge in [-0.05, 0) is 76.3 Å². The van der Waals surface area contributed by atoms with E-state index in [1.807, 2.05) is 52.1 Å². The van der Waals surface area contributed by atoms with E-state index >= 15 is 0 Å². The van der Waals surface area contributed by atoms with Gasteiger partial charge in [-0.25, -0.2) is 9.78 Å². The molecule has 5 rings (SSSR count). The average molecular weight is 510 g/mol. The summed E-state index contributed by atoms with van der Waals surface area (Å²) in [6.45, 7) is 9.37. The summed E-state index contributed by atoms with van der Waals surface area (Å²) in [5, 5.41) is 1.15. The third kappa shape index (κ3) is 5.08. The van der Waals surface area contributed by atoms with Gasteiger partial charge in [0, 0.05) is 41.8 Å². The Bertz CT molecular complexity index is 1490. The number of amides is 1. The van der Waals surface area contributed by atoms with Crippen molar-refractivity contribution >= 4 is 22.9 Å². The molecule has 0 saturated heterocycles. The molecule has 1 aliphatic rings. The number of nitrogens with zero attached hydrogens (tertiary/aromatic N) is 3. The van der Waals surface area contributed by atoms with Crippen LogP contribution in [0.2, 0.25) is 0 Å². The third-order valence-corrected chi connectivity index (χ3v) is 7.39. The number of ketones is 1. The van der Waals surface area contributed by atoms with Crippen molar-refractivity contribution in [1.29, 1.82) is 0 Å². The van der Waals surface area contributed by atoms with E-state index in [4.69, 9.17) is 9.72 Å². The quantitative estimate of drug-likeness (QED) is 0.262. The van der Waals surface area contributed by atoms with Crippen LogP contribution in [-0.4, -0.2) is 45.0 Å². The minimum absolute atomic E-state index is 0.0702. The van der Waals surface area contributed by atoms with Crippen molar-refractivity contribution in [3.8, 4) is 22.4 Å². The average Bonchev–Trinajstić information content (AvgIpc) is 3.17. The van der Waals surface area contributed by atoms with Gasteiger partial charge in [-0.3, -0.25) is 4.79 Å². The highest BCUT2D eigenvalue weighted by Gasteiger charge is 2.37. The number of hydrogen-bond acceptors (Lipinski definition) is 4. The highest BCUT2D eigenvalue weighted by Crippen LogP contribution is 2.39. The molecule has 6 nitrogen and oxygen atoms in total. The van der Waals surface area contributed by atoms with Crippen molar-refractivity contribution in [2.75, 3.05) is 7.05 Å². The summed E-state index contributed by atoms with van der Waals surface area (Å²) >= 11 is 0. The summed E-state index contributed by atoms with van der Waals surface area (Å²) in [6.07, 6.45) is 3.67. The molecular formula is C32H35N3O3. The number of benzene rings is 2. The van der Waals surface area contributed by atoms with Gasteiger partial charge >= 0.3 is 6.09 Å². The summed E-state index contributed by atoms with van der Waals surface area (Å²) in [4.78, 5) is 30.9. The lowest BCUT2D eigenvalue weighted by Crippen LogP contribution is -2.47. The van der Waals surface area contributed by atoms with Crippen LogP contribution in [0, 0.1) is 6.92 Å². The number of carbonyl (C=O) groups excluding carboxylic acids is 2.